The molecule has 0 aliphatic rings. The van der Waals surface area contributed by atoms with Crippen LogP contribution in [0.4, 0.5) is 0 Å². The first-order valence-electron chi connectivity index (χ1n) is 11.0. The molecule has 25 heavy (non-hydrogen) atoms. The first kappa shape index (κ1) is 23.9. The highest BCUT2D eigenvalue weighted by Crippen LogP contribution is 2.10. The van der Waals surface area contributed by atoms with Crippen molar-refractivity contribution >= 4 is 0 Å². The predicted octanol–water partition coefficient (Wildman–Crippen LogP) is 7.99. The molecule has 0 radical (unpaired) electrons. The third-order valence-corrected chi connectivity index (χ3v) is 4.56. The fraction of sp³-hybridized carbons (Fsp3) is 0.833. The molecule has 0 aliphatic carbocycles. The molecule has 0 bridgehead atoms. The maximum Gasteiger partial charge on any atom is 0.129 e. The minimum atomic E-state index is 0.939. The first-order chi connectivity index (χ1) is 12.4. The quantitative estimate of drug-likeness (QED) is 0.203. The Hall–Kier alpha value is -1.08. The number of rotatable bonds is 16. The topological polar surface area (TPSA) is 9.23 Å². The van der Waals surface area contributed by atoms with E-state index in [0.717, 1.165) is 12.8 Å². The van der Waals surface area contributed by atoms with E-state index in [0.29, 0.717) is 0 Å². The molecule has 0 aromatic heterocycles. The number of hydrogen-bond acceptors (Lipinski definition) is 1. The van der Waals surface area contributed by atoms with E-state index in [1.165, 1.54) is 103 Å². The van der Waals surface area contributed by atoms with Crippen molar-refractivity contribution in [3.8, 4) is 24.1 Å². The van der Waals surface area contributed by atoms with Crippen LogP contribution in [-0.2, 0) is 4.74 Å². The lowest BCUT2D eigenvalue weighted by molar-refractivity contribution is 0.476. The fourth-order valence-corrected chi connectivity index (χ4v) is 2.89. The van der Waals surface area contributed by atoms with Gasteiger partial charge in [0.2, 0.25) is 0 Å². The number of unbranched alkanes of at least 4 members (excludes halogenated alkanes) is 16. The summed E-state index contributed by atoms with van der Waals surface area (Å²) < 4.78 is 5.06. The Bertz CT molecular complexity index is 327. The number of hydrogen-bond donors (Lipinski definition) is 0. The molecule has 0 N–H and O–H groups in total. The molecule has 1 heteroatoms. The standard InChI is InChI=1S/C24H42O/c1-3-5-7-9-11-13-15-17-19-21-23-25-24-22-20-18-16-14-12-10-8-6-4-2/h3-20H2,1-2H3. The van der Waals surface area contributed by atoms with Gasteiger partial charge >= 0.3 is 0 Å². The second kappa shape index (κ2) is 22.9. The lowest BCUT2D eigenvalue weighted by atomic mass is 10.1. The molecule has 0 aliphatic heterocycles. The lowest BCUT2D eigenvalue weighted by Crippen LogP contribution is -1.80. The molecule has 0 fully saturated rings. The zero-order valence-electron chi connectivity index (χ0n) is 17.1. The van der Waals surface area contributed by atoms with Crippen molar-refractivity contribution in [1.82, 2.24) is 0 Å². The van der Waals surface area contributed by atoms with Crippen molar-refractivity contribution in [1.29, 1.82) is 0 Å². The molecular weight excluding hydrogens is 304 g/mol. The largest absolute Gasteiger partial charge is 0.357 e. The van der Waals surface area contributed by atoms with Gasteiger partial charge in [-0.05, 0) is 12.8 Å². The van der Waals surface area contributed by atoms with Crippen LogP contribution >= 0.6 is 0 Å². The van der Waals surface area contributed by atoms with E-state index >= 15 is 0 Å². The summed E-state index contributed by atoms with van der Waals surface area (Å²) in [5.74, 6) is 6.11. The Morgan fingerprint density at radius 1 is 0.440 bits per heavy atom. The molecule has 1 nitrogen and oxygen atoms in total. The summed E-state index contributed by atoms with van der Waals surface area (Å²) in [4.78, 5) is 0. The van der Waals surface area contributed by atoms with Gasteiger partial charge in [-0.2, -0.15) is 0 Å². The molecule has 0 spiro atoms. The van der Waals surface area contributed by atoms with Crippen molar-refractivity contribution in [2.24, 2.45) is 0 Å². The van der Waals surface area contributed by atoms with E-state index < -0.39 is 0 Å². The highest BCUT2D eigenvalue weighted by atomic mass is 16.5. The fourth-order valence-electron chi connectivity index (χ4n) is 2.89. The van der Waals surface area contributed by atoms with Gasteiger partial charge in [0.05, 0.1) is 0 Å². The van der Waals surface area contributed by atoms with Crippen LogP contribution in [0.5, 0.6) is 0 Å². The highest BCUT2D eigenvalue weighted by Gasteiger charge is 1.91. The molecule has 0 heterocycles. The average Bonchev–Trinajstić information content (AvgIpc) is 2.63. The van der Waals surface area contributed by atoms with E-state index in [1.54, 1.807) is 0 Å². The normalized spacial score (nSPS) is 9.84. The van der Waals surface area contributed by atoms with Gasteiger partial charge in [-0.25, -0.2) is 0 Å². The SMILES string of the molecule is CCCCCCCCCCC#COC#CCCCCCCCCCC. The Balaban J connectivity index is 3.22. The van der Waals surface area contributed by atoms with Crippen LogP contribution in [0, 0.1) is 24.1 Å². The first-order valence-corrected chi connectivity index (χ1v) is 11.0. The van der Waals surface area contributed by atoms with Gasteiger partial charge in [0.25, 0.3) is 0 Å². The molecular formula is C24H42O. The maximum atomic E-state index is 5.06. The van der Waals surface area contributed by atoms with Crippen molar-refractivity contribution in [3.05, 3.63) is 0 Å². The van der Waals surface area contributed by atoms with Gasteiger partial charge in [-0.15, -0.1) is 0 Å². The van der Waals surface area contributed by atoms with E-state index in [4.69, 9.17) is 4.74 Å². The monoisotopic (exact) mass is 346 g/mol. The zero-order valence-corrected chi connectivity index (χ0v) is 17.1. The van der Waals surface area contributed by atoms with Crippen LogP contribution in [0.25, 0.3) is 0 Å². The van der Waals surface area contributed by atoms with Crippen molar-refractivity contribution < 1.29 is 4.74 Å². The minimum Gasteiger partial charge on any atom is -0.357 e. The van der Waals surface area contributed by atoms with Crippen molar-refractivity contribution in [3.63, 3.8) is 0 Å². The minimum absolute atomic E-state index is 0.939. The maximum absolute atomic E-state index is 5.06. The van der Waals surface area contributed by atoms with Gasteiger partial charge < -0.3 is 4.74 Å². The van der Waals surface area contributed by atoms with E-state index in [1.807, 2.05) is 0 Å². The Kier molecular flexibility index (Phi) is 21.9. The average molecular weight is 347 g/mol. The lowest BCUT2D eigenvalue weighted by Gasteiger charge is -1.99. The van der Waals surface area contributed by atoms with Gasteiger partial charge in [0.1, 0.15) is 12.2 Å². The Morgan fingerprint density at radius 2 is 0.760 bits per heavy atom. The number of ether oxygens (including phenoxy) is 1. The second-order valence-electron chi connectivity index (χ2n) is 7.11. The van der Waals surface area contributed by atoms with Gasteiger partial charge in [-0.3, -0.25) is 0 Å². The zero-order chi connectivity index (χ0) is 18.3. The van der Waals surface area contributed by atoms with Crippen molar-refractivity contribution in [2.75, 3.05) is 0 Å². The van der Waals surface area contributed by atoms with Gasteiger partial charge in [-0.1, -0.05) is 116 Å². The van der Waals surface area contributed by atoms with Crippen LogP contribution in [0.15, 0.2) is 0 Å². The van der Waals surface area contributed by atoms with Crippen LogP contribution in [0.2, 0.25) is 0 Å². The Morgan fingerprint density at radius 3 is 1.12 bits per heavy atom. The summed E-state index contributed by atoms with van der Waals surface area (Å²) in [6, 6.07) is 0. The highest BCUT2D eigenvalue weighted by molar-refractivity contribution is 4.98. The van der Waals surface area contributed by atoms with E-state index in [-0.39, 0.29) is 0 Å². The predicted molar refractivity (Wildman–Crippen MR) is 111 cm³/mol. The van der Waals surface area contributed by atoms with E-state index in [2.05, 4.69) is 37.9 Å². The summed E-state index contributed by atoms with van der Waals surface area (Å²) in [6.07, 6.45) is 28.8. The molecule has 0 atom stereocenters. The molecule has 0 saturated heterocycles. The van der Waals surface area contributed by atoms with Crippen LogP contribution in [0.3, 0.4) is 0 Å². The molecule has 144 valence electrons. The van der Waals surface area contributed by atoms with Gasteiger partial charge in [0, 0.05) is 12.8 Å². The third-order valence-electron chi connectivity index (χ3n) is 4.56. The second-order valence-corrected chi connectivity index (χ2v) is 7.11. The van der Waals surface area contributed by atoms with Crippen molar-refractivity contribution in [2.45, 2.75) is 129 Å². The summed E-state index contributed by atoms with van der Waals surface area (Å²) in [6.45, 7) is 4.53. The van der Waals surface area contributed by atoms with Crippen LogP contribution in [0.1, 0.15) is 129 Å². The van der Waals surface area contributed by atoms with Gasteiger partial charge in [0.15, 0.2) is 0 Å². The smallest absolute Gasteiger partial charge is 0.129 e. The molecule has 0 aromatic carbocycles. The van der Waals surface area contributed by atoms with Crippen LogP contribution < -0.4 is 0 Å². The summed E-state index contributed by atoms with van der Waals surface area (Å²) in [5.41, 5.74) is 0. The van der Waals surface area contributed by atoms with Crippen LogP contribution in [-0.4, -0.2) is 0 Å². The Labute approximate surface area is 158 Å². The molecule has 0 amide bonds. The van der Waals surface area contributed by atoms with E-state index in [9.17, 15) is 0 Å². The summed E-state index contributed by atoms with van der Waals surface area (Å²) in [7, 11) is 0. The molecule has 0 aromatic rings. The molecule has 0 saturated carbocycles. The molecule has 0 unspecified atom stereocenters. The summed E-state index contributed by atoms with van der Waals surface area (Å²) in [5, 5.41) is 0. The third kappa shape index (κ3) is 22.9. The summed E-state index contributed by atoms with van der Waals surface area (Å²) >= 11 is 0. The molecule has 0 rings (SSSR count).